The van der Waals surface area contributed by atoms with Crippen molar-refractivity contribution in [3.05, 3.63) is 0 Å². The minimum absolute atomic E-state index is 0.0879. The van der Waals surface area contributed by atoms with Crippen molar-refractivity contribution in [2.75, 3.05) is 31.8 Å². The summed E-state index contributed by atoms with van der Waals surface area (Å²) < 4.78 is 0. The Labute approximate surface area is 369 Å². The molecule has 22 heteroatoms. The van der Waals surface area contributed by atoms with Crippen LogP contribution in [0.5, 0.6) is 0 Å². The van der Waals surface area contributed by atoms with E-state index in [1.165, 1.54) is 18.7 Å². The van der Waals surface area contributed by atoms with E-state index in [9.17, 15) is 58.5 Å². The molecule has 21 nitrogen and oxygen atoms in total. The van der Waals surface area contributed by atoms with Gasteiger partial charge in [0.25, 0.3) is 0 Å². The summed E-state index contributed by atoms with van der Waals surface area (Å²) >= 11 is 1.38. The van der Waals surface area contributed by atoms with Crippen molar-refractivity contribution in [1.82, 2.24) is 42.5 Å². The number of aliphatic hydroxyl groups is 2. The van der Waals surface area contributed by atoms with Crippen LogP contribution in [0, 0.1) is 23.7 Å². The van der Waals surface area contributed by atoms with Crippen LogP contribution in [0.3, 0.4) is 0 Å². The molecule has 0 spiro atoms. The SMILES string of the molecule is CC[C@H](C)[C@H](NC(=O)[C@H](CO)NC(=O)[C@H](CC(C)C)NC(=O)[C@@H](NC(=O)[C@H](CCSC)NC(=O)CNC(=O)[C@H](CO)NC(=O)[C@@H](NC(=O)[C@H](C)N)[C@@H](C)CC)[C@@H](C)CC)C(=O)O. The fraction of sp³-hybridized carbons (Fsp3) is 0.775. The number of nitrogens with two attached hydrogens (primary N) is 1. The number of rotatable bonds is 30. The van der Waals surface area contributed by atoms with Crippen LogP contribution in [-0.2, 0) is 43.2 Å². The van der Waals surface area contributed by atoms with Crippen molar-refractivity contribution in [2.24, 2.45) is 29.4 Å². The van der Waals surface area contributed by atoms with E-state index in [0.29, 0.717) is 25.0 Å². The van der Waals surface area contributed by atoms with Crippen LogP contribution in [0.25, 0.3) is 0 Å². The van der Waals surface area contributed by atoms with E-state index in [-0.39, 0.29) is 24.7 Å². The van der Waals surface area contributed by atoms with E-state index >= 15 is 0 Å². The number of hydrogen-bond donors (Lipinski definition) is 12. The van der Waals surface area contributed by atoms with Gasteiger partial charge in [0.15, 0.2) is 0 Å². The van der Waals surface area contributed by atoms with Gasteiger partial charge in [-0.25, -0.2) is 4.79 Å². The molecule has 0 aliphatic carbocycles. The van der Waals surface area contributed by atoms with E-state index in [2.05, 4.69) is 42.5 Å². The maximum Gasteiger partial charge on any atom is 0.326 e. The Morgan fingerprint density at radius 2 is 0.935 bits per heavy atom. The Balaban J connectivity index is 6.01. The standard InChI is InChI=1S/C40H73N9O12S/c1-11-21(6)30(47-33(53)24(9)41)39(59)46-27(18-50)34(54)42-17-29(52)43-25(14-15-62-10)35(55)48-31(22(7)12-2)38(58)44-26(16-20(4)5)36(56)45-28(19-51)37(57)49-32(40(60)61)23(8)13-3/h20-28,30-32,50-51H,11-19,41H2,1-10H3,(H,42,54)(H,43,52)(H,44,58)(H,45,56)(H,46,59)(H,47,53)(H,48,55)(H,49,57)(H,60,61)/t21-,22-,23-,24-,25-,26-,27-,28-,30-,31-,32-/m0/s1. The minimum Gasteiger partial charge on any atom is -0.480 e. The molecule has 62 heavy (non-hydrogen) atoms. The third-order valence-electron chi connectivity index (χ3n) is 10.4. The smallest absolute Gasteiger partial charge is 0.326 e. The third kappa shape index (κ3) is 20.1. The van der Waals surface area contributed by atoms with E-state index in [1.54, 1.807) is 61.6 Å². The molecule has 0 heterocycles. The first-order valence-electron chi connectivity index (χ1n) is 21.1. The zero-order valence-corrected chi connectivity index (χ0v) is 38.6. The van der Waals surface area contributed by atoms with Gasteiger partial charge in [-0.1, -0.05) is 74.7 Å². The molecule has 8 amide bonds. The van der Waals surface area contributed by atoms with Gasteiger partial charge in [0.2, 0.25) is 47.3 Å². The van der Waals surface area contributed by atoms with Crippen LogP contribution >= 0.6 is 11.8 Å². The van der Waals surface area contributed by atoms with Crippen LogP contribution in [-0.4, -0.2) is 149 Å². The highest BCUT2D eigenvalue weighted by Gasteiger charge is 2.35. The highest BCUT2D eigenvalue weighted by molar-refractivity contribution is 7.98. The van der Waals surface area contributed by atoms with Crippen molar-refractivity contribution >= 4 is 65.0 Å². The first-order valence-corrected chi connectivity index (χ1v) is 22.5. The van der Waals surface area contributed by atoms with Crippen LogP contribution in [0.2, 0.25) is 0 Å². The fourth-order valence-electron chi connectivity index (χ4n) is 5.81. The number of nitrogens with one attached hydrogen (secondary N) is 8. The normalized spacial score (nSPS) is 16.5. The van der Waals surface area contributed by atoms with Crippen molar-refractivity contribution in [3.63, 3.8) is 0 Å². The average molecular weight is 904 g/mol. The second kappa shape index (κ2) is 29.7. The van der Waals surface area contributed by atoms with E-state index < -0.39 is 133 Å². The molecule has 0 saturated carbocycles. The Kier molecular flexibility index (Phi) is 27.5. The van der Waals surface area contributed by atoms with Crippen molar-refractivity contribution in [2.45, 2.75) is 143 Å². The molecule has 0 bridgehead atoms. The summed E-state index contributed by atoms with van der Waals surface area (Å²) in [5.41, 5.74) is 5.63. The van der Waals surface area contributed by atoms with Crippen LogP contribution in [0.15, 0.2) is 0 Å². The Hall–Kier alpha value is -4.54. The molecule has 0 aromatic rings. The second-order valence-corrected chi connectivity index (χ2v) is 17.0. The highest BCUT2D eigenvalue weighted by Crippen LogP contribution is 2.14. The summed E-state index contributed by atoms with van der Waals surface area (Å²) in [5.74, 6) is -8.63. The summed E-state index contributed by atoms with van der Waals surface area (Å²) in [6, 6.07) is -9.91. The molecule has 0 saturated heterocycles. The first-order chi connectivity index (χ1) is 29.0. The topological polar surface area (TPSA) is 337 Å². The lowest BCUT2D eigenvalue weighted by Gasteiger charge is -2.29. The lowest BCUT2D eigenvalue weighted by Crippen LogP contribution is -2.61. The van der Waals surface area contributed by atoms with Gasteiger partial charge in [-0.2, -0.15) is 11.8 Å². The Bertz CT molecular complexity index is 1500. The lowest BCUT2D eigenvalue weighted by atomic mass is 9.96. The quantitative estimate of drug-likeness (QED) is 0.0366. The van der Waals surface area contributed by atoms with E-state index in [1.807, 2.05) is 0 Å². The molecule has 11 atom stereocenters. The molecule has 0 fully saturated rings. The number of carbonyl (C=O) groups is 9. The van der Waals surface area contributed by atoms with Crippen molar-refractivity contribution in [1.29, 1.82) is 0 Å². The zero-order chi connectivity index (χ0) is 47.9. The van der Waals surface area contributed by atoms with Crippen LogP contribution in [0.1, 0.15) is 94.4 Å². The number of aliphatic hydroxyl groups excluding tert-OH is 2. The minimum atomic E-state index is -1.54. The van der Waals surface area contributed by atoms with Gasteiger partial charge in [0.1, 0.15) is 42.3 Å². The van der Waals surface area contributed by atoms with Gasteiger partial charge in [0.05, 0.1) is 25.8 Å². The molecule has 0 aromatic carbocycles. The van der Waals surface area contributed by atoms with Gasteiger partial charge >= 0.3 is 5.97 Å². The summed E-state index contributed by atoms with van der Waals surface area (Å²) in [6.45, 7) is 13.0. The number of carboxylic acids is 1. The number of carboxylic acid groups (broad SMARTS) is 1. The molecule has 0 radical (unpaired) electrons. The van der Waals surface area contributed by atoms with Crippen molar-refractivity contribution in [3.8, 4) is 0 Å². The van der Waals surface area contributed by atoms with Gasteiger partial charge in [-0.05, 0) is 55.4 Å². The summed E-state index contributed by atoms with van der Waals surface area (Å²) in [5, 5.41) is 49.3. The van der Waals surface area contributed by atoms with Crippen LogP contribution in [0.4, 0.5) is 0 Å². The highest BCUT2D eigenvalue weighted by atomic mass is 32.2. The molecular formula is C40H73N9O12S. The number of aliphatic carboxylic acids is 1. The van der Waals surface area contributed by atoms with Gasteiger partial charge in [-0.15, -0.1) is 0 Å². The molecule has 356 valence electrons. The summed E-state index contributed by atoms with van der Waals surface area (Å²) in [7, 11) is 0. The Morgan fingerprint density at radius 3 is 1.37 bits per heavy atom. The van der Waals surface area contributed by atoms with E-state index in [4.69, 9.17) is 5.73 Å². The number of hydrogen-bond acceptors (Lipinski definition) is 13. The molecular weight excluding hydrogens is 831 g/mol. The van der Waals surface area contributed by atoms with E-state index in [0.717, 1.165) is 0 Å². The van der Waals surface area contributed by atoms with Crippen molar-refractivity contribution < 1.29 is 58.5 Å². The van der Waals surface area contributed by atoms with Crippen LogP contribution < -0.4 is 48.3 Å². The fourth-order valence-corrected chi connectivity index (χ4v) is 6.28. The molecule has 0 unspecified atom stereocenters. The molecule has 0 aromatic heterocycles. The maximum atomic E-state index is 13.9. The third-order valence-corrected chi connectivity index (χ3v) is 11.1. The van der Waals surface area contributed by atoms with Gasteiger partial charge in [-0.3, -0.25) is 38.4 Å². The van der Waals surface area contributed by atoms with Gasteiger partial charge < -0.3 is 63.6 Å². The molecule has 0 aliphatic heterocycles. The average Bonchev–Trinajstić information content (AvgIpc) is 3.23. The first kappa shape index (κ1) is 57.5. The Morgan fingerprint density at radius 1 is 0.532 bits per heavy atom. The largest absolute Gasteiger partial charge is 0.480 e. The molecule has 0 aliphatic rings. The number of carbonyl (C=O) groups excluding carboxylic acids is 8. The van der Waals surface area contributed by atoms with Gasteiger partial charge in [0, 0.05) is 0 Å². The number of amides is 8. The molecule has 0 rings (SSSR count). The molecule has 13 N–H and O–H groups in total. The summed E-state index contributed by atoms with van der Waals surface area (Å²) in [4.78, 5) is 117. The monoisotopic (exact) mass is 904 g/mol. The lowest BCUT2D eigenvalue weighted by molar-refractivity contribution is -0.144. The maximum absolute atomic E-state index is 13.9. The predicted octanol–water partition coefficient (Wildman–Crippen LogP) is -2.15. The zero-order valence-electron chi connectivity index (χ0n) is 37.8. The number of thioether (sulfide) groups is 1. The summed E-state index contributed by atoms with van der Waals surface area (Å²) in [6.07, 6.45) is 3.31. The second-order valence-electron chi connectivity index (χ2n) is 16.0. The predicted molar refractivity (Wildman–Crippen MR) is 233 cm³/mol.